The number of piperidine rings is 1. The molecule has 0 bridgehead atoms. The number of likely N-dealkylation sites (tertiary alicyclic amines) is 1. The number of sulfonamides is 1. The maximum atomic E-state index is 12.3. The molecule has 1 saturated heterocycles. The van der Waals surface area contributed by atoms with Gasteiger partial charge in [-0.15, -0.1) is 0 Å². The number of hydrogen-bond acceptors (Lipinski definition) is 4. The third kappa shape index (κ3) is 4.78. The van der Waals surface area contributed by atoms with Crippen molar-refractivity contribution in [3.8, 4) is 0 Å². The molecule has 0 radical (unpaired) electrons. The quantitative estimate of drug-likeness (QED) is 0.877. The number of benzene rings is 1. The van der Waals surface area contributed by atoms with Gasteiger partial charge in [-0.25, -0.2) is 12.7 Å². The zero-order valence-corrected chi connectivity index (χ0v) is 15.6. The predicted molar refractivity (Wildman–Crippen MR) is 95.3 cm³/mol. The van der Waals surface area contributed by atoms with E-state index >= 15 is 0 Å². The van der Waals surface area contributed by atoms with Gasteiger partial charge < -0.3 is 5.32 Å². The van der Waals surface area contributed by atoms with E-state index in [0.29, 0.717) is 24.1 Å². The second-order valence-corrected chi connectivity index (χ2v) is 9.16. The molecule has 0 spiro atoms. The fourth-order valence-electron chi connectivity index (χ4n) is 3.27. The average Bonchev–Trinajstić information content (AvgIpc) is 2.45. The van der Waals surface area contributed by atoms with Crippen molar-refractivity contribution < 1.29 is 13.2 Å². The molecule has 1 aromatic carbocycles. The Balaban J connectivity index is 2.02. The fourth-order valence-corrected chi connectivity index (χ4v) is 4.22. The summed E-state index contributed by atoms with van der Waals surface area (Å²) in [5, 5.41) is 2.81. The van der Waals surface area contributed by atoms with Gasteiger partial charge in [0.2, 0.25) is 15.9 Å². The van der Waals surface area contributed by atoms with Crippen LogP contribution in [0.3, 0.4) is 0 Å². The molecule has 2 rings (SSSR count). The zero-order valence-electron chi connectivity index (χ0n) is 14.8. The summed E-state index contributed by atoms with van der Waals surface area (Å²) in [6.07, 6.45) is 1.20. The van der Waals surface area contributed by atoms with E-state index in [1.807, 2.05) is 0 Å². The van der Waals surface area contributed by atoms with Crippen LogP contribution in [0.1, 0.15) is 20.3 Å². The van der Waals surface area contributed by atoms with Crippen LogP contribution in [-0.4, -0.2) is 57.3 Å². The van der Waals surface area contributed by atoms with Crippen molar-refractivity contribution in [2.45, 2.75) is 25.2 Å². The smallest absolute Gasteiger partial charge is 0.242 e. The minimum absolute atomic E-state index is 0.115. The van der Waals surface area contributed by atoms with Crippen molar-refractivity contribution in [2.24, 2.45) is 11.8 Å². The van der Waals surface area contributed by atoms with Gasteiger partial charge in [0.15, 0.2) is 0 Å². The second kappa shape index (κ2) is 7.63. The lowest BCUT2D eigenvalue weighted by molar-refractivity contribution is -0.117. The lowest BCUT2D eigenvalue weighted by Gasteiger charge is -2.34. The summed E-state index contributed by atoms with van der Waals surface area (Å²) in [5.41, 5.74) is 0.501. The molecule has 6 nitrogen and oxygen atoms in total. The van der Waals surface area contributed by atoms with Gasteiger partial charge in [-0.3, -0.25) is 9.69 Å². The van der Waals surface area contributed by atoms with Gasteiger partial charge in [0.1, 0.15) is 0 Å². The van der Waals surface area contributed by atoms with Crippen LogP contribution in [0.25, 0.3) is 0 Å². The molecular weight excluding hydrogens is 326 g/mol. The normalized spacial score (nSPS) is 22.5. The second-order valence-electron chi connectivity index (χ2n) is 7.00. The van der Waals surface area contributed by atoms with Crippen LogP contribution < -0.4 is 5.32 Å². The van der Waals surface area contributed by atoms with E-state index in [2.05, 4.69) is 24.1 Å². The van der Waals surface area contributed by atoms with Gasteiger partial charge in [0.05, 0.1) is 11.4 Å². The molecule has 1 aliphatic rings. The summed E-state index contributed by atoms with van der Waals surface area (Å²) < 4.78 is 25.5. The first-order chi connectivity index (χ1) is 11.2. The van der Waals surface area contributed by atoms with Gasteiger partial charge in [0.25, 0.3) is 0 Å². The first-order valence-electron chi connectivity index (χ1n) is 8.23. The van der Waals surface area contributed by atoms with Crippen LogP contribution in [0, 0.1) is 11.8 Å². The van der Waals surface area contributed by atoms with Gasteiger partial charge in [0, 0.05) is 32.9 Å². The van der Waals surface area contributed by atoms with Gasteiger partial charge in [-0.1, -0.05) is 19.9 Å². The summed E-state index contributed by atoms with van der Waals surface area (Å²) in [5.74, 6) is 1.07. The molecule has 0 aromatic heterocycles. The van der Waals surface area contributed by atoms with Crippen molar-refractivity contribution in [2.75, 3.05) is 39.0 Å². The third-order valence-electron chi connectivity index (χ3n) is 4.21. The van der Waals surface area contributed by atoms with Crippen LogP contribution >= 0.6 is 0 Å². The monoisotopic (exact) mass is 353 g/mol. The molecule has 1 aromatic rings. The number of anilines is 1. The van der Waals surface area contributed by atoms with E-state index in [0.717, 1.165) is 17.4 Å². The van der Waals surface area contributed by atoms with Gasteiger partial charge in [-0.05, 0) is 36.5 Å². The molecule has 1 amide bonds. The van der Waals surface area contributed by atoms with Crippen molar-refractivity contribution in [1.29, 1.82) is 0 Å². The first kappa shape index (κ1) is 18.9. The Morgan fingerprint density at radius 1 is 1.25 bits per heavy atom. The molecule has 1 N–H and O–H groups in total. The van der Waals surface area contributed by atoms with Crippen molar-refractivity contribution in [3.63, 3.8) is 0 Å². The summed E-state index contributed by atoms with van der Waals surface area (Å²) in [4.78, 5) is 14.6. The molecule has 1 aliphatic heterocycles. The van der Waals surface area contributed by atoms with Crippen molar-refractivity contribution in [3.05, 3.63) is 24.3 Å². The van der Waals surface area contributed by atoms with Crippen LogP contribution in [-0.2, 0) is 14.8 Å². The van der Waals surface area contributed by atoms with E-state index < -0.39 is 10.0 Å². The number of nitrogens with one attached hydrogen (secondary N) is 1. The number of rotatable bonds is 5. The van der Waals surface area contributed by atoms with E-state index in [1.165, 1.54) is 32.6 Å². The summed E-state index contributed by atoms with van der Waals surface area (Å²) in [6, 6.07) is 6.36. The molecule has 1 heterocycles. The SMILES string of the molecule is C[C@@H]1C[C@H](C)CN(CC(=O)Nc2cccc(S(=O)(=O)N(C)C)c2)C1. The molecule has 0 saturated carbocycles. The number of carbonyl (C=O) groups is 1. The van der Waals surface area contributed by atoms with Crippen LogP contribution in [0.2, 0.25) is 0 Å². The molecule has 1 fully saturated rings. The number of nitrogens with zero attached hydrogens (tertiary/aromatic N) is 2. The fraction of sp³-hybridized carbons (Fsp3) is 0.588. The number of hydrogen-bond donors (Lipinski definition) is 1. The Hall–Kier alpha value is -1.44. The molecule has 134 valence electrons. The lowest BCUT2D eigenvalue weighted by Crippen LogP contribution is -2.42. The molecule has 7 heteroatoms. The highest BCUT2D eigenvalue weighted by Crippen LogP contribution is 2.21. The Bertz CT molecular complexity index is 678. The van der Waals surface area contributed by atoms with Gasteiger partial charge in [-0.2, -0.15) is 0 Å². The Morgan fingerprint density at radius 2 is 1.88 bits per heavy atom. The zero-order chi connectivity index (χ0) is 17.9. The largest absolute Gasteiger partial charge is 0.325 e. The van der Waals surface area contributed by atoms with Crippen LogP contribution in [0.5, 0.6) is 0 Å². The lowest BCUT2D eigenvalue weighted by atomic mass is 9.92. The first-order valence-corrected chi connectivity index (χ1v) is 9.67. The predicted octanol–water partition coefficient (Wildman–Crippen LogP) is 1.85. The third-order valence-corrected chi connectivity index (χ3v) is 6.02. The minimum Gasteiger partial charge on any atom is -0.325 e. The maximum Gasteiger partial charge on any atom is 0.242 e. The summed E-state index contributed by atoms with van der Waals surface area (Å²) in [6.45, 7) is 6.59. The maximum absolute atomic E-state index is 12.3. The highest BCUT2D eigenvalue weighted by molar-refractivity contribution is 7.89. The van der Waals surface area contributed by atoms with E-state index in [9.17, 15) is 13.2 Å². The molecule has 0 aliphatic carbocycles. The molecule has 24 heavy (non-hydrogen) atoms. The van der Waals surface area contributed by atoms with E-state index in [1.54, 1.807) is 12.1 Å². The standard InChI is InChI=1S/C17H27N3O3S/c1-13-8-14(2)11-20(10-13)12-17(21)18-15-6-5-7-16(9-15)24(22,23)19(3)4/h5-7,9,13-14H,8,10-12H2,1-4H3,(H,18,21)/t13-,14+. The van der Waals surface area contributed by atoms with Crippen LogP contribution in [0.4, 0.5) is 5.69 Å². The number of carbonyl (C=O) groups excluding carboxylic acids is 1. The molecular formula is C17H27N3O3S. The minimum atomic E-state index is -3.51. The average molecular weight is 353 g/mol. The van der Waals surface area contributed by atoms with Crippen molar-refractivity contribution in [1.82, 2.24) is 9.21 Å². The Kier molecular flexibility index (Phi) is 6.01. The number of amides is 1. The molecule has 2 atom stereocenters. The van der Waals surface area contributed by atoms with Crippen molar-refractivity contribution >= 4 is 21.6 Å². The highest BCUT2D eigenvalue weighted by atomic mass is 32.2. The Morgan fingerprint density at radius 3 is 2.46 bits per heavy atom. The highest BCUT2D eigenvalue weighted by Gasteiger charge is 2.23. The summed E-state index contributed by atoms with van der Waals surface area (Å²) in [7, 11) is -0.535. The summed E-state index contributed by atoms with van der Waals surface area (Å²) >= 11 is 0. The molecule has 0 unspecified atom stereocenters. The van der Waals surface area contributed by atoms with E-state index in [4.69, 9.17) is 0 Å². The topological polar surface area (TPSA) is 69.7 Å². The van der Waals surface area contributed by atoms with Crippen LogP contribution in [0.15, 0.2) is 29.2 Å². The Labute approximate surface area is 144 Å². The van der Waals surface area contributed by atoms with E-state index in [-0.39, 0.29) is 10.8 Å². The van der Waals surface area contributed by atoms with Gasteiger partial charge >= 0.3 is 0 Å².